The maximum atomic E-state index is 13.4. The van der Waals surface area contributed by atoms with Gasteiger partial charge in [-0.2, -0.15) is 13.2 Å². The molecule has 0 unspecified atom stereocenters. The topological polar surface area (TPSA) is 73.2 Å². The van der Waals surface area contributed by atoms with E-state index in [4.69, 9.17) is 4.74 Å². The number of benzene rings is 2. The number of hydrogen-bond donors (Lipinski definition) is 2. The lowest BCUT2D eigenvalue weighted by atomic mass is 9.44. The van der Waals surface area contributed by atoms with E-state index in [1.807, 2.05) is 20.0 Å². The van der Waals surface area contributed by atoms with Gasteiger partial charge >= 0.3 is 6.18 Å². The number of amides is 1. The minimum atomic E-state index is -4.47. The lowest BCUT2D eigenvalue weighted by molar-refractivity contribution is -0.226. The van der Waals surface area contributed by atoms with Gasteiger partial charge in [-0.25, -0.2) is 0 Å². The van der Waals surface area contributed by atoms with Crippen molar-refractivity contribution >= 4 is 12.0 Å². The maximum Gasteiger partial charge on any atom is 0.416 e. The first kappa shape index (κ1) is 25.2. The van der Waals surface area contributed by atoms with E-state index >= 15 is 0 Å². The molecular formula is C29H31F3N2O4. The number of piperidine rings is 1. The summed E-state index contributed by atoms with van der Waals surface area (Å²) in [7, 11) is 3.69. The van der Waals surface area contributed by atoms with Crippen LogP contribution in [0, 0.1) is 0 Å². The Kier molecular flexibility index (Phi) is 5.31. The van der Waals surface area contributed by atoms with E-state index in [-0.39, 0.29) is 23.3 Å². The number of ether oxygens (including phenoxy) is 1. The molecule has 2 aromatic carbocycles. The van der Waals surface area contributed by atoms with Crippen LogP contribution in [0.3, 0.4) is 0 Å². The van der Waals surface area contributed by atoms with Crippen molar-refractivity contribution in [2.45, 2.75) is 67.5 Å². The first-order chi connectivity index (χ1) is 17.8. The van der Waals surface area contributed by atoms with Crippen molar-refractivity contribution in [2.24, 2.45) is 0 Å². The van der Waals surface area contributed by atoms with E-state index in [9.17, 15) is 28.2 Å². The Morgan fingerprint density at radius 2 is 2.00 bits per heavy atom. The highest BCUT2D eigenvalue weighted by molar-refractivity contribution is 5.92. The Balaban J connectivity index is 1.37. The highest BCUT2D eigenvalue weighted by atomic mass is 19.4. The number of alkyl halides is 3. The second-order valence-electron chi connectivity index (χ2n) is 11.4. The molecule has 5 atom stereocenters. The van der Waals surface area contributed by atoms with Crippen molar-refractivity contribution in [1.29, 1.82) is 0 Å². The number of aromatic hydroxyl groups is 1. The zero-order valence-electron chi connectivity index (χ0n) is 21.5. The number of hydrogen-bond acceptors (Lipinski definition) is 5. The number of carbonyl (C=O) groups is 1. The third-order valence-corrected chi connectivity index (χ3v) is 9.77. The fraction of sp³-hybridized carbons (Fsp3) is 0.483. The summed E-state index contributed by atoms with van der Waals surface area (Å²) >= 11 is 0. The molecule has 2 fully saturated rings. The fourth-order valence-electron chi connectivity index (χ4n) is 8.00. The van der Waals surface area contributed by atoms with Crippen molar-refractivity contribution in [2.75, 3.05) is 20.6 Å². The van der Waals surface area contributed by atoms with E-state index < -0.39 is 34.4 Å². The largest absolute Gasteiger partial charge is 0.504 e. The SMILES string of the molecule is CN1CC[C@]23c4c5ccc(O)c4O[C@@]2(C)[C@H](N(C)C(=O)C=Cc2cccc(C(F)(F)F)c2)CC[C@@]3(O)[C@H]1C5. The van der Waals surface area contributed by atoms with Crippen LogP contribution in [0.1, 0.15) is 48.4 Å². The van der Waals surface area contributed by atoms with Crippen LogP contribution in [0.25, 0.3) is 6.08 Å². The van der Waals surface area contributed by atoms with Crippen LogP contribution in [0.2, 0.25) is 0 Å². The van der Waals surface area contributed by atoms with Crippen molar-refractivity contribution < 1.29 is 32.9 Å². The van der Waals surface area contributed by atoms with Crippen LogP contribution in [-0.4, -0.2) is 69.8 Å². The third-order valence-electron chi connectivity index (χ3n) is 9.77. The van der Waals surface area contributed by atoms with E-state index in [1.165, 1.54) is 24.3 Å². The Bertz CT molecular complexity index is 1360. The van der Waals surface area contributed by atoms with Crippen molar-refractivity contribution in [1.82, 2.24) is 9.80 Å². The molecule has 2 aromatic rings. The standard InChI is InChI=1S/C29H31F3N2O4/c1-26-21(34(3)23(36)10-7-17-5-4-6-19(15-17)29(30,31)32)11-12-28(37)22-16-18-8-9-20(35)25(38-26)24(18)27(26,28)13-14-33(22)2/h4-10,15,21-22,35,37H,11-14,16H2,1-3H3/t21-,22-,26+,27+,28-/m1/s1. The van der Waals surface area contributed by atoms with Crippen molar-refractivity contribution in [3.05, 3.63) is 64.7 Å². The van der Waals surface area contributed by atoms with Crippen molar-refractivity contribution in [3.63, 3.8) is 0 Å². The highest BCUT2D eigenvalue weighted by Crippen LogP contribution is 2.69. The Morgan fingerprint density at radius 1 is 1.24 bits per heavy atom. The molecule has 38 heavy (non-hydrogen) atoms. The van der Waals surface area contributed by atoms with Crippen LogP contribution in [-0.2, 0) is 22.8 Å². The molecule has 9 heteroatoms. The minimum absolute atomic E-state index is 0.0191. The second-order valence-corrected chi connectivity index (χ2v) is 11.4. The lowest BCUT2D eigenvalue weighted by Gasteiger charge is -2.67. The highest BCUT2D eigenvalue weighted by Gasteiger charge is 2.78. The zero-order chi connectivity index (χ0) is 27.3. The van der Waals surface area contributed by atoms with Gasteiger partial charge in [0.05, 0.1) is 22.6 Å². The molecule has 4 aliphatic rings. The van der Waals surface area contributed by atoms with Gasteiger partial charge in [-0.15, -0.1) is 0 Å². The first-order valence-corrected chi connectivity index (χ1v) is 12.9. The Labute approximate surface area is 219 Å². The van der Waals surface area contributed by atoms with E-state index in [0.29, 0.717) is 31.4 Å². The van der Waals surface area contributed by atoms with Gasteiger partial charge in [-0.1, -0.05) is 18.2 Å². The quantitative estimate of drug-likeness (QED) is 0.587. The molecule has 1 saturated heterocycles. The molecule has 2 aliphatic carbocycles. The van der Waals surface area contributed by atoms with Gasteiger partial charge in [0, 0.05) is 24.7 Å². The molecule has 1 saturated carbocycles. The third kappa shape index (κ3) is 3.12. The predicted octanol–water partition coefficient (Wildman–Crippen LogP) is 4.13. The number of phenols is 1. The van der Waals surface area contributed by atoms with E-state index in [0.717, 1.165) is 29.8 Å². The molecule has 6 nitrogen and oxygen atoms in total. The summed E-state index contributed by atoms with van der Waals surface area (Å²) in [5.74, 6) is 0.0316. The molecule has 0 radical (unpaired) electrons. The number of likely N-dealkylation sites (tertiary alicyclic amines) is 1. The summed E-state index contributed by atoms with van der Waals surface area (Å²) < 4.78 is 46.0. The van der Waals surface area contributed by atoms with Crippen LogP contribution in [0.4, 0.5) is 13.2 Å². The average Bonchev–Trinajstić information content (AvgIpc) is 3.15. The summed E-state index contributed by atoms with van der Waals surface area (Å²) in [5, 5.41) is 23.2. The lowest BCUT2D eigenvalue weighted by Crippen LogP contribution is -2.81. The normalized spacial score (nSPS) is 33.7. The Hall–Kier alpha value is -3.04. The van der Waals surface area contributed by atoms with Gasteiger partial charge < -0.3 is 24.7 Å². The van der Waals surface area contributed by atoms with Gasteiger partial charge in [0.1, 0.15) is 5.60 Å². The Morgan fingerprint density at radius 3 is 2.74 bits per heavy atom. The van der Waals surface area contributed by atoms with Crippen LogP contribution < -0.4 is 4.74 Å². The number of halogens is 3. The molecule has 2 heterocycles. The molecule has 6 rings (SSSR count). The molecule has 2 N–H and O–H groups in total. The summed E-state index contributed by atoms with van der Waals surface area (Å²) in [4.78, 5) is 17.1. The molecular weight excluding hydrogens is 497 g/mol. The zero-order valence-corrected chi connectivity index (χ0v) is 21.5. The number of rotatable bonds is 3. The summed E-state index contributed by atoms with van der Waals surface area (Å²) in [6, 6.07) is 7.81. The van der Waals surface area contributed by atoms with Crippen LogP contribution >= 0.6 is 0 Å². The fourth-order valence-corrected chi connectivity index (χ4v) is 8.00. The predicted molar refractivity (Wildman–Crippen MR) is 135 cm³/mol. The smallest absolute Gasteiger partial charge is 0.416 e. The number of nitrogens with zero attached hydrogens (tertiary/aromatic N) is 2. The second kappa shape index (κ2) is 7.99. The van der Waals surface area contributed by atoms with E-state index in [2.05, 4.69) is 4.90 Å². The molecule has 0 aromatic heterocycles. The van der Waals surface area contributed by atoms with Crippen LogP contribution in [0.5, 0.6) is 11.5 Å². The van der Waals surface area contributed by atoms with E-state index in [1.54, 1.807) is 18.0 Å². The molecule has 202 valence electrons. The maximum absolute atomic E-state index is 13.4. The molecule has 2 aliphatic heterocycles. The molecule has 1 spiro atoms. The number of phenolic OH excluding ortho intramolecular Hbond substituents is 1. The van der Waals surface area contributed by atoms with Gasteiger partial charge in [-0.05, 0) is 81.6 Å². The summed E-state index contributed by atoms with van der Waals surface area (Å²) in [6.07, 6.45) is 0.375. The number of carbonyl (C=O) groups excluding carboxylic acids is 1. The van der Waals surface area contributed by atoms with Crippen molar-refractivity contribution in [3.8, 4) is 11.5 Å². The molecule has 1 amide bonds. The number of aliphatic hydroxyl groups is 1. The van der Waals surface area contributed by atoms with Crippen LogP contribution in [0.15, 0.2) is 42.5 Å². The average molecular weight is 529 g/mol. The van der Waals surface area contributed by atoms with Gasteiger partial charge in [0.25, 0.3) is 0 Å². The van der Waals surface area contributed by atoms with Gasteiger partial charge in [0.2, 0.25) is 5.91 Å². The van der Waals surface area contributed by atoms with Gasteiger partial charge in [-0.3, -0.25) is 4.79 Å². The summed E-state index contributed by atoms with van der Waals surface area (Å²) in [6.45, 7) is 2.67. The molecule has 2 bridgehead atoms. The first-order valence-electron chi connectivity index (χ1n) is 12.9. The number of likely N-dealkylation sites (N-methyl/N-ethyl adjacent to an activating group) is 2. The minimum Gasteiger partial charge on any atom is -0.504 e. The van der Waals surface area contributed by atoms with Gasteiger partial charge in [0.15, 0.2) is 11.5 Å². The monoisotopic (exact) mass is 528 g/mol. The summed E-state index contributed by atoms with van der Waals surface area (Å²) in [5.41, 5.74) is -1.55.